The Balaban J connectivity index is 2.00. The Morgan fingerprint density at radius 1 is 0.905 bits per heavy atom. The molecular weight excluding hydrogens is 254 g/mol. The van der Waals surface area contributed by atoms with Gasteiger partial charge >= 0.3 is 0 Å². The van der Waals surface area contributed by atoms with E-state index in [1.54, 1.807) is 0 Å². The summed E-state index contributed by atoms with van der Waals surface area (Å²) in [5.74, 6) is 0.493. The topological polar surface area (TPSA) is 3.24 Å². The highest BCUT2D eigenvalue weighted by Crippen LogP contribution is 2.35. The summed E-state index contributed by atoms with van der Waals surface area (Å²) in [6, 6.07) is 22.7. The van der Waals surface area contributed by atoms with Gasteiger partial charge in [-0.25, -0.2) is 0 Å². The molecule has 1 aliphatic heterocycles. The van der Waals surface area contributed by atoms with Crippen LogP contribution in [0.25, 0.3) is 0 Å². The molecule has 110 valence electrons. The van der Waals surface area contributed by atoms with E-state index in [4.69, 9.17) is 0 Å². The van der Waals surface area contributed by atoms with Crippen molar-refractivity contribution in [2.24, 2.45) is 0 Å². The van der Waals surface area contributed by atoms with Crippen LogP contribution in [0.15, 0.2) is 60.7 Å². The van der Waals surface area contributed by atoms with Gasteiger partial charge in [-0.2, -0.15) is 0 Å². The van der Waals surface area contributed by atoms with Gasteiger partial charge in [0.2, 0.25) is 0 Å². The van der Waals surface area contributed by atoms with E-state index >= 15 is 0 Å². The molecule has 2 aromatic carbocycles. The Morgan fingerprint density at radius 3 is 2.00 bits per heavy atom. The minimum Gasteiger partial charge on any atom is -0.300 e. The second kappa shape index (κ2) is 6.91. The van der Waals surface area contributed by atoms with Gasteiger partial charge in [0.25, 0.3) is 0 Å². The molecule has 0 saturated carbocycles. The van der Waals surface area contributed by atoms with Crippen molar-refractivity contribution in [1.29, 1.82) is 0 Å². The summed E-state index contributed by atoms with van der Waals surface area (Å²) in [6.07, 6.45) is 4.01. The first-order valence-electron chi connectivity index (χ1n) is 8.24. The zero-order chi connectivity index (χ0) is 14.5. The molecule has 1 heterocycles. The monoisotopic (exact) mass is 279 g/mol. The number of likely N-dealkylation sites (tertiary alicyclic amines) is 1. The van der Waals surface area contributed by atoms with Gasteiger partial charge in [-0.1, -0.05) is 74.0 Å². The third-order valence-corrected chi connectivity index (χ3v) is 4.77. The van der Waals surface area contributed by atoms with Crippen LogP contribution in [-0.2, 0) is 0 Å². The molecule has 0 bridgehead atoms. The van der Waals surface area contributed by atoms with Crippen LogP contribution in [0, 0.1) is 0 Å². The largest absolute Gasteiger partial charge is 0.300 e. The van der Waals surface area contributed by atoms with Crippen molar-refractivity contribution in [1.82, 2.24) is 4.90 Å². The van der Waals surface area contributed by atoms with Crippen molar-refractivity contribution in [3.8, 4) is 0 Å². The fourth-order valence-corrected chi connectivity index (χ4v) is 3.74. The van der Waals surface area contributed by atoms with Crippen LogP contribution in [0.2, 0.25) is 0 Å². The van der Waals surface area contributed by atoms with Crippen LogP contribution in [0.1, 0.15) is 43.2 Å². The maximum absolute atomic E-state index is 2.67. The van der Waals surface area contributed by atoms with Crippen molar-refractivity contribution in [3.63, 3.8) is 0 Å². The Morgan fingerprint density at radius 2 is 1.48 bits per heavy atom. The van der Waals surface area contributed by atoms with Crippen molar-refractivity contribution < 1.29 is 0 Å². The first-order chi connectivity index (χ1) is 10.4. The molecule has 1 saturated heterocycles. The summed E-state index contributed by atoms with van der Waals surface area (Å²) in [6.45, 7) is 4.70. The van der Waals surface area contributed by atoms with Crippen LogP contribution < -0.4 is 0 Å². The molecule has 0 spiro atoms. The molecule has 1 atom stereocenters. The quantitative estimate of drug-likeness (QED) is 0.784. The summed E-state index contributed by atoms with van der Waals surface area (Å²) >= 11 is 0. The molecule has 1 heteroatoms. The summed E-state index contributed by atoms with van der Waals surface area (Å²) in [5.41, 5.74) is 2.91. The lowest BCUT2D eigenvalue weighted by atomic mass is 9.80. The van der Waals surface area contributed by atoms with Crippen LogP contribution in [-0.4, -0.2) is 24.0 Å². The molecular formula is C20H25N. The number of piperidine rings is 1. The summed E-state index contributed by atoms with van der Waals surface area (Å²) in [5, 5.41) is 0. The lowest BCUT2D eigenvalue weighted by molar-refractivity contribution is 0.142. The molecule has 0 N–H and O–H groups in total. The van der Waals surface area contributed by atoms with E-state index in [0.29, 0.717) is 12.0 Å². The minimum absolute atomic E-state index is 0.493. The van der Waals surface area contributed by atoms with E-state index < -0.39 is 0 Å². The summed E-state index contributed by atoms with van der Waals surface area (Å²) < 4.78 is 0. The standard InChI is InChI=1S/C20H25N/c1-2-21-16-10-9-15-19(21)20(17-11-5-3-6-12-17)18-13-7-4-8-14-18/h3-8,11-14,19-20H,2,9-10,15-16H2,1H3. The van der Waals surface area contributed by atoms with Crippen molar-refractivity contribution in [2.45, 2.75) is 38.1 Å². The average Bonchev–Trinajstić information content (AvgIpc) is 2.58. The second-order valence-electron chi connectivity index (χ2n) is 5.99. The zero-order valence-corrected chi connectivity index (χ0v) is 12.9. The Bertz CT molecular complexity index is 495. The number of hydrogen-bond acceptors (Lipinski definition) is 1. The molecule has 1 nitrogen and oxygen atoms in total. The van der Waals surface area contributed by atoms with Crippen molar-refractivity contribution in [3.05, 3.63) is 71.8 Å². The summed E-state index contributed by atoms with van der Waals surface area (Å²) in [4.78, 5) is 2.67. The molecule has 1 unspecified atom stereocenters. The SMILES string of the molecule is CCN1CCCCC1C(c1ccccc1)c1ccccc1. The van der Waals surface area contributed by atoms with Gasteiger partial charge in [0.05, 0.1) is 0 Å². The number of nitrogens with zero attached hydrogens (tertiary/aromatic N) is 1. The number of rotatable bonds is 4. The maximum atomic E-state index is 2.67. The smallest absolute Gasteiger partial charge is 0.0245 e. The highest BCUT2D eigenvalue weighted by molar-refractivity contribution is 5.34. The minimum atomic E-state index is 0.493. The lowest BCUT2D eigenvalue weighted by Crippen LogP contribution is -2.43. The zero-order valence-electron chi connectivity index (χ0n) is 12.9. The van der Waals surface area contributed by atoms with Gasteiger partial charge in [-0.15, -0.1) is 0 Å². The fourth-order valence-electron chi connectivity index (χ4n) is 3.74. The number of likely N-dealkylation sites (N-methyl/N-ethyl adjacent to an activating group) is 1. The van der Waals surface area contributed by atoms with Gasteiger partial charge in [0.15, 0.2) is 0 Å². The van der Waals surface area contributed by atoms with Crippen LogP contribution >= 0.6 is 0 Å². The van der Waals surface area contributed by atoms with Gasteiger partial charge in [0.1, 0.15) is 0 Å². The highest BCUT2D eigenvalue weighted by Gasteiger charge is 2.30. The molecule has 1 fully saturated rings. The van der Waals surface area contributed by atoms with E-state index in [1.165, 1.54) is 36.9 Å². The first-order valence-corrected chi connectivity index (χ1v) is 8.24. The summed E-state index contributed by atoms with van der Waals surface area (Å²) in [7, 11) is 0. The molecule has 1 aliphatic rings. The van der Waals surface area contributed by atoms with E-state index in [-0.39, 0.29) is 0 Å². The van der Waals surface area contributed by atoms with Gasteiger partial charge < -0.3 is 0 Å². The third-order valence-electron chi connectivity index (χ3n) is 4.77. The van der Waals surface area contributed by atoms with Gasteiger partial charge in [-0.05, 0) is 37.1 Å². The Hall–Kier alpha value is -1.60. The van der Waals surface area contributed by atoms with Crippen molar-refractivity contribution >= 4 is 0 Å². The van der Waals surface area contributed by atoms with Crippen molar-refractivity contribution in [2.75, 3.05) is 13.1 Å². The molecule has 21 heavy (non-hydrogen) atoms. The normalized spacial score (nSPS) is 19.8. The fraction of sp³-hybridized carbons (Fsp3) is 0.400. The van der Waals surface area contributed by atoms with E-state index in [1.807, 2.05) is 0 Å². The molecule has 0 aromatic heterocycles. The van der Waals surface area contributed by atoms with Gasteiger partial charge in [-0.3, -0.25) is 4.90 Å². The van der Waals surface area contributed by atoms with E-state index in [9.17, 15) is 0 Å². The highest BCUT2D eigenvalue weighted by atomic mass is 15.2. The maximum Gasteiger partial charge on any atom is 0.0245 e. The predicted octanol–water partition coefficient (Wildman–Crippen LogP) is 4.69. The Kier molecular flexibility index (Phi) is 4.72. The number of hydrogen-bond donors (Lipinski definition) is 0. The first kappa shape index (κ1) is 14.3. The third kappa shape index (κ3) is 3.19. The van der Waals surface area contributed by atoms with Gasteiger partial charge in [0, 0.05) is 12.0 Å². The molecule has 0 aliphatic carbocycles. The predicted molar refractivity (Wildman–Crippen MR) is 89.6 cm³/mol. The van der Waals surface area contributed by atoms with E-state index in [0.717, 1.165) is 6.54 Å². The van der Waals surface area contributed by atoms with Crippen LogP contribution in [0.4, 0.5) is 0 Å². The van der Waals surface area contributed by atoms with Crippen LogP contribution in [0.3, 0.4) is 0 Å². The lowest BCUT2D eigenvalue weighted by Gasteiger charge is -2.40. The number of benzene rings is 2. The van der Waals surface area contributed by atoms with Crippen LogP contribution in [0.5, 0.6) is 0 Å². The Labute approximate surface area is 128 Å². The average molecular weight is 279 g/mol. The molecule has 2 aromatic rings. The molecule has 0 radical (unpaired) electrons. The van der Waals surface area contributed by atoms with E-state index in [2.05, 4.69) is 72.5 Å². The molecule has 0 amide bonds. The molecule has 3 rings (SSSR count). The second-order valence-corrected chi connectivity index (χ2v) is 5.99.